The number of aliphatic hydroxyl groups is 1. The van der Waals surface area contributed by atoms with Gasteiger partial charge in [-0.1, -0.05) is 0 Å². The van der Waals surface area contributed by atoms with Gasteiger partial charge in [0.1, 0.15) is 5.65 Å². The summed E-state index contributed by atoms with van der Waals surface area (Å²) in [4.78, 5) is 6.49. The van der Waals surface area contributed by atoms with Gasteiger partial charge in [0.15, 0.2) is 0 Å². The number of nitrogens with zero attached hydrogens (tertiary/aromatic N) is 3. The Hall–Kier alpha value is -1.59. The fourth-order valence-corrected chi connectivity index (χ4v) is 2.16. The van der Waals surface area contributed by atoms with Gasteiger partial charge in [-0.05, 0) is 6.07 Å². The molecule has 0 aliphatic carbocycles. The fraction of sp³-hybridized carbons (Fsp3) is 0.417. The average Bonchev–Trinajstić information content (AvgIpc) is 2.86. The summed E-state index contributed by atoms with van der Waals surface area (Å²) in [6.45, 7) is 2.31. The predicted molar refractivity (Wildman–Crippen MR) is 64.2 cm³/mol. The molecule has 5 nitrogen and oxygen atoms in total. The van der Waals surface area contributed by atoms with E-state index in [1.807, 2.05) is 16.8 Å². The molecule has 1 saturated heterocycles. The molecule has 1 fully saturated rings. The molecule has 0 saturated carbocycles. The summed E-state index contributed by atoms with van der Waals surface area (Å²) in [5.74, 6) is 0. The maximum atomic E-state index is 9.13. The van der Waals surface area contributed by atoms with Crippen molar-refractivity contribution >= 4 is 11.3 Å². The van der Waals surface area contributed by atoms with Gasteiger partial charge in [-0.25, -0.2) is 4.98 Å². The summed E-state index contributed by atoms with van der Waals surface area (Å²) in [6, 6.07) is 4.12. The van der Waals surface area contributed by atoms with E-state index >= 15 is 0 Å². The van der Waals surface area contributed by atoms with E-state index < -0.39 is 0 Å². The van der Waals surface area contributed by atoms with Gasteiger partial charge in [0, 0.05) is 43.4 Å². The summed E-state index contributed by atoms with van der Waals surface area (Å²) in [6.07, 6.45) is 5.63. The maximum absolute atomic E-state index is 9.13. The first-order chi connectivity index (χ1) is 8.36. The van der Waals surface area contributed by atoms with Crippen LogP contribution >= 0.6 is 0 Å². The number of imidazole rings is 1. The van der Waals surface area contributed by atoms with Gasteiger partial charge in [-0.2, -0.15) is 0 Å². The number of hydrogen-bond donors (Lipinski definition) is 1. The van der Waals surface area contributed by atoms with E-state index in [-0.39, 0.29) is 12.7 Å². The minimum atomic E-state index is -0.0836. The Balaban J connectivity index is 1.86. The molecule has 17 heavy (non-hydrogen) atoms. The topological polar surface area (TPSA) is 50.0 Å². The molecular formula is C12H15N3O2. The molecule has 1 unspecified atom stereocenters. The van der Waals surface area contributed by atoms with Crippen LogP contribution in [-0.4, -0.2) is 46.9 Å². The first-order valence-electron chi connectivity index (χ1n) is 5.77. The van der Waals surface area contributed by atoms with Gasteiger partial charge >= 0.3 is 0 Å². The molecule has 1 atom stereocenters. The lowest BCUT2D eigenvalue weighted by atomic mass is 10.2. The minimum Gasteiger partial charge on any atom is -0.394 e. The maximum Gasteiger partial charge on any atom is 0.138 e. The van der Waals surface area contributed by atoms with Crippen LogP contribution in [0, 0.1) is 0 Å². The van der Waals surface area contributed by atoms with E-state index in [1.165, 1.54) is 0 Å². The zero-order chi connectivity index (χ0) is 11.7. The number of ether oxygens (including phenoxy) is 1. The molecule has 0 spiro atoms. The van der Waals surface area contributed by atoms with E-state index in [1.54, 1.807) is 6.20 Å². The molecule has 0 amide bonds. The molecule has 90 valence electrons. The summed E-state index contributed by atoms with van der Waals surface area (Å²) in [5, 5.41) is 9.13. The van der Waals surface area contributed by atoms with Crippen LogP contribution in [-0.2, 0) is 4.74 Å². The van der Waals surface area contributed by atoms with E-state index in [0.29, 0.717) is 6.61 Å². The van der Waals surface area contributed by atoms with E-state index in [2.05, 4.69) is 22.0 Å². The number of morpholine rings is 1. The second kappa shape index (κ2) is 4.35. The second-order valence-electron chi connectivity index (χ2n) is 4.20. The Labute approximate surface area is 99.3 Å². The number of fused-ring (bicyclic) bond motifs is 1. The van der Waals surface area contributed by atoms with Crippen LogP contribution in [0.3, 0.4) is 0 Å². The smallest absolute Gasteiger partial charge is 0.138 e. The highest BCUT2D eigenvalue weighted by Gasteiger charge is 2.20. The van der Waals surface area contributed by atoms with Crippen molar-refractivity contribution in [3.05, 3.63) is 30.7 Å². The Morgan fingerprint density at radius 2 is 2.41 bits per heavy atom. The third-order valence-corrected chi connectivity index (χ3v) is 3.09. The summed E-state index contributed by atoms with van der Waals surface area (Å²) < 4.78 is 7.42. The zero-order valence-corrected chi connectivity index (χ0v) is 9.49. The number of rotatable bonds is 2. The van der Waals surface area contributed by atoms with Crippen LogP contribution in [0.2, 0.25) is 0 Å². The Bertz CT molecular complexity index is 511. The lowest BCUT2D eigenvalue weighted by Gasteiger charge is -2.33. The van der Waals surface area contributed by atoms with Crippen molar-refractivity contribution in [2.75, 3.05) is 31.2 Å². The van der Waals surface area contributed by atoms with Gasteiger partial charge in [-0.3, -0.25) is 0 Å². The second-order valence-corrected chi connectivity index (χ2v) is 4.20. The minimum absolute atomic E-state index is 0.0715. The van der Waals surface area contributed by atoms with Gasteiger partial charge < -0.3 is 19.1 Å². The number of hydrogen-bond acceptors (Lipinski definition) is 4. The summed E-state index contributed by atoms with van der Waals surface area (Å²) >= 11 is 0. The number of pyridine rings is 1. The third kappa shape index (κ3) is 1.99. The van der Waals surface area contributed by atoms with E-state index in [0.717, 1.165) is 24.4 Å². The lowest BCUT2D eigenvalue weighted by Crippen LogP contribution is -2.44. The molecule has 3 rings (SSSR count). The van der Waals surface area contributed by atoms with Crippen LogP contribution in [0.1, 0.15) is 0 Å². The Morgan fingerprint density at radius 3 is 3.29 bits per heavy atom. The van der Waals surface area contributed by atoms with Gasteiger partial charge in [0.05, 0.1) is 19.3 Å². The highest BCUT2D eigenvalue weighted by molar-refractivity contribution is 5.56. The molecule has 1 N–H and O–H groups in total. The SMILES string of the molecule is OCC1CN(c2ccn3ccnc3c2)CCO1. The van der Waals surface area contributed by atoms with Crippen molar-refractivity contribution in [3.8, 4) is 0 Å². The first kappa shape index (κ1) is 10.6. The van der Waals surface area contributed by atoms with Crippen molar-refractivity contribution in [2.45, 2.75) is 6.10 Å². The molecule has 1 aliphatic rings. The van der Waals surface area contributed by atoms with Crippen LogP contribution in [0.25, 0.3) is 5.65 Å². The standard InChI is InChI=1S/C12H15N3O2/c16-9-11-8-15(5-6-17-11)10-1-3-14-4-2-13-12(14)7-10/h1-4,7,11,16H,5-6,8-9H2. The highest BCUT2D eigenvalue weighted by atomic mass is 16.5. The van der Waals surface area contributed by atoms with E-state index in [9.17, 15) is 0 Å². The lowest BCUT2D eigenvalue weighted by molar-refractivity contribution is 0.00357. The molecule has 0 radical (unpaired) electrons. The molecule has 3 heterocycles. The molecule has 0 aromatic carbocycles. The highest BCUT2D eigenvalue weighted by Crippen LogP contribution is 2.19. The predicted octanol–water partition coefficient (Wildman–Crippen LogP) is 0.532. The van der Waals surface area contributed by atoms with Crippen LogP contribution < -0.4 is 4.90 Å². The molecule has 5 heteroatoms. The van der Waals surface area contributed by atoms with Crippen molar-refractivity contribution in [3.63, 3.8) is 0 Å². The van der Waals surface area contributed by atoms with Gasteiger partial charge in [0.25, 0.3) is 0 Å². The summed E-state index contributed by atoms with van der Waals surface area (Å²) in [5.41, 5.74) is 2.07. The van der Waals surface area contributed by atoms with Crippen molar-refractivity contribution in [2.24, 2.45) is 0 Å². The quantitative estimate of drug-likeness (QED) is 0.822. The van der Waals surface area contributed by atoms with Crippen molar-refractivity contribution < 1.29 is 9.84 Å². The van der Waals surface area contributed by atoms with Crippen molar-refractivity contribution in [1.82, 2.24) is 9.38 Å². The molecule has 2 aromatic rings. The van der Waals surface area contributed by atoms with Crippen LogP contribution in [0.4, 0.5) is 5.69 Å². The Kier molecular flexibility index (Phi) is 2.70. The Morgan fingerprint density at radius 1 is 1.47 bits per heavy atom. The van der Waals surface area contributed by atoms with Crippen LogP contribution in [0.5, 0.6) is 0 Å². The summed E-state index contributed by atoms with van der Waals surface area (Å²) in [7, 11) is 0. The monoisotopic (exact) mass is 233 g/mol. The fourth-order valence-electron chi connectivity index (χ4n) is 2.16. The molecule has 2 aromatic heterocycles. The first-order valence-corrected chi connectivity index (χ1v) is 5.77. The molecule has 0 bridgehead atoms. The normalized spacial score (nSPS) is 21.0. The largest absolute Gasteiger partial charge is 0.394 e. The number of aromatic nitrogens is 2. The number of aliphatic hydroxyl groups excluding tert-OH is 1. The zero-order valence-electron chi connectivity index (χ0n) is 9.49. The van der Waals surface area contributed by atoms with Crippen LogP contribution in [0.15, 0.2) is 30.7 Å². The molecular weight excluding hydrogens is 218 g/mol. The van der Waals surface area contributed by atoms with E-state index in [4.69, 9.17) is 9.84 Å². The average molecular weight is 233 g/mol. The van der Waals surface area contributed by atoms with Gasteiger partial charge in [-0.15, -0.1) is 0 Å². The third-order valence-electron chi connectivity index (χ3n) is 3.09. The molecule has 1 aliphatic heterocycles. The van der Waals surface area contributed by atoms with Gasteiger partial charge in [0.2, 0.25) is 0 Å². The number of anilines is 1. The van der Waals surface area contributed by atoms with Crippen molar-refractivity contribution in [1.29, 1.82) is 0 Å².